The van der Waals surface area contributed by atoms with Crippen LogP contribution in [0.15, 0.2) is 18.5 Å². The molecule has 1 unspecified atom stereocenters. The molecule has 1 aromatic heterocycles. The second-order valence-corrected chi connectivity index (χ2v) is 4.65. The van der Waals surface area contributed by atoms with Gasteiger partial charge in [0.15, 0.2) is 0 Å². The minimum atomic E-state index is 0.554. The molecular weight excluding hydrogens is 200 g/mol. The van der Waals surface area contributed by atoms with E-state index in [-0.39, 0.29) is 0 Å². The first-order valence-corrected chi connectivity index (χ1v) is 6.23. The lowest BCUT2D eigenvalue weighted by atomic mass is 10.1. The maximum Gasteiger partial charge on any atom is 0.121 e. The van der Waals surface area contributed by atoms with Gasteiger partial charge in [0.1, 0.15) is 6.73 Å². The molecule has 1 aliphatic carbocycles. The Morgan fingerprint density at radius 2 is 2.38 bits per heavy atom. The smallest absolute Gasteiger partial charge is 0.121 e. The number of rotatable bonds is 7. The molecule has 0 spiro atoms. The predicted molar refractivity (Wildman–Crippen MR) is 65.2 cm³/mol. The van der Waals surface area contributed by atoms with Crippen molar-refractivity contribution >= 4 is 0 Å². The fourth-order valence-electron chi connectivity index (χ4n) is 2.16. The standard InChI is InChI=1S/C13H22N2O/c1-3-7-14-13(11-4-5-11)12-6-8-15(9-12)10-16-2/h6,8-9,11,13-14H,3-5,7,10H2,1-2H3. The van der Waals surface area contributed by atoms with E-state index in [1.165, 1.54) is 24.8 Å². The molecule has 90 valence electrons. The quantitative estimate of drug-likeness (QED) is 0.767. The molecule has 16 heavy (non-hydrogen) atoms. The molecule has 3 nitrogen and oxygen atoms in total. The van der Waals surface area contributed by atoms with Gasteiger partial charge in [0.05, 0.1) is 0 Å². The zero-order valence-corrected chi connectivity index (χ0v) is 10.3. The fraction of sp³-hybridized carbons (Fsp3) is 0.692. The molecule has 3 heteroatoms. The van der Waals surface area contributed by atoms with Gasteiger partial charge in [-0.05, 0) is 43.4 Å². The molecule has 1 heterocycles. The van der Waals surface area contributed by atoms with Crippen LogP contribution in [0, 0.1) is 5.92 Å². The number of nitrogens with one attached hydrogen (secondary N) is 1. The highest BCUT2D eigenvalue weighted by molar-refractivity contribution is 5.18. The summed E-state index contributed by atoms with van der Waals surface area (Å²) in [6.07, 6.45) is 8.24. The van der Waals surface area contributed by atoms with E-state index in [1.54, 1.807) is 7.11 Å². The molecule has 0 saturated heterocycles. The highest BCUT2D eigenvalue weighted by atomic mass is 16.5. The monoisotopic (exact) mass is 222 g/mol. The molecule has 0 bridgehead atoms. The van der Waals surface area contributed by atoms with Crippen molar-refractivity contribution in [3.05, 3.63) is 24.0 Å². The normalized spacial score (nSPS) is 17.6. The Labute approximate surface area is 97.8 Å². The molecule has 1 aliphatic rings. The molecule has 1 saturated carbocycles. The minimum Gasteiger partial charge on any atom is -0.364 e. The van der Waals surface area contributed by atoms with E-state index >= 15 is 0 Å². The van der Waals surface area contributed by atoms with Crippen molar-refractivity contribution in [1.29, 1.82) is 0 Å². The third kappa shape index (κ3) is 2.86. The largest absolute Gasteiger partial charge is 0.364 e. The summed E-state index contributed by atoms with van der Waals surface area (Å²) in [4.78, 5) is 0. The van der Waals surface area contributed by atoms with Crippen LogP contribution in [0.5, 0.6) is 0 Å². The van der Waals surface area contributed by atoms with E-state index in [9.17, 15) is 0 Å². The van der Waals surface area contributed by atoms with Crippen LogP contribution < -0.4 is 5.32 Å². The number of hydrogen-bond donors (Lipinski definition) is 1. The zero-order valence-electron chi connectivity index (χ0n) is 10.3. The molecule has 1 atom stereocenters. The van der Waals surface area contributed by atoms with Gasteiger partial charge in [-0.2, -0.15) is 0 Å². The van der Waals surface area contributed by atoms with Crippen molar-refractivity contribution < 1.29 is 4.74 Å². The molecule has 0 radical (unpaired) electrons. The van der Waals surface area contributed by atoms with Crippen molar-refractivity contribution in [2.45, 2.75) is 39.0 Å². The molecule has 0 aliphatic heterocycles. The van der Waals surface area contributed by atoms with Crippen molar-refractivity contribution in [2.75, 3.05) is 13.7 Å². The summed E-state index contributed by atoms with van der Waals surface area (Å²) in [5.74, 6) is 0.852. The SMILES string of the molecule is CCCNC(c1ccn(COC)c1)C1CC1. The molecule has 0 amide bonds. The topological polar surface area (TPSA) is 26.2 Å². The third-order valence-electron chi connectivity index (χ3n) is 3.12. The van der Waals surface area contributed by atoms with Crippen molar-refractivity contribution in [3.8, 4) is 0 Å². The lowest BCUT2D eigenvalue weighted by Crippen LogP contribution is -2.23. The highest BCUT2D eigenvalue weighted by Gasteiger charge is 2.32. The molecule has 2 rings (SSSR count). The van der Waals surface area contributed by atoms with Crippen LogP contribution in [0.1, 0.15) is 37.8 Å². The van der Waals surface area contributed by atoms with Gasteiger partial charge in [-0.1, -0.05) is 6.92 Å². The molecule has 1 aromatic rings. The Balaban J connectivity index is 1.99. The lowest BCUT2D eigenvalue weighted by molar-refractivity contribution is 0.131. The first kappa shape index (κ1) is 11.7. The first-order chi connectivity index (χ1) is 7.85. The van der Waals surface area contributed by atoms with Gasteiger partial charge in [0.25, 0.3) is 0 Å². The molecule has 1 N–H and O–H groups in total. The Morgan fingerprint density at radius 1 is 1.56 bits per heavy atom. The van der Waals surface area contributed by atoms with Crippen molar-refractivity contribution in [2.24, 2.45) is 5.92 Å². The van der Waals surface area contributed by atoms with E-state index in [1.807, 2.05) is 0 Å². The summed E-state index contributed by atoms with van der Waals surface area (Å²) in [6, 6.07) is 2.77. The van der Waals surface area contributed by atoms with E-state index < -0.39 is 0 Å². The van der Waals surface area contributed by atoms with Crippen LogP contribution in [-0.4, -0.2) is 18.2 Å². The van der Waals surface area contributed by atoms with Gasteiger partial charge < -0.3 is 14.6 Å². The number of hydrogen-bond acceptors (Lipinski definition) is 2. The van der Waals surface area contributed by atoms with Gasteiger partial charge in [0.2, 0.25) is 0 Å². The van der Waals surface area contributed by atoms with E-state index in [4.69, 9.17) is 4.74 Å². The maximum atomic E-state index is 5.12. The van der Waals surface area contributed by atoms with Gasteiger partial charge in [-0.25, -0.2) is 0 Å². The second kappa shape index (κ2) is 5.51. The third-order valence-corrected chi connectivity index (χ3v) is 3.12. The Morgan fingerprint density at radius 3 is 3.00 bits per heavy atom. The average molecular weight is 222 g/mol. The molecular formula is C13H22N2O. The van der Waals surface area contributed by atoms with Crippen LogP contribution >= 0.6 is 0 Å². The predicted octanol–water partition coefficient (Wildman–Crippen LogP) is 2.54. The Kier molecular flexibility index (Phi) is 4.02. The van der Waals surface area contributed by atoms with Gasteiger partial charge in [-0.15, -0.1) is 0 Å². The summed E-state index contributed by atoms with van der Waals surface area (Å²) in [6.45, 7) is 3.97. The summed E-state index contributed by atoms with van der Waals surface area (Å²) < 4.78 is 7.22. The van der Waals surface area contributed by atoms with E-state index in [2.05, 4.69) is 35.3 Å². The number of nitrogens with zero attached hydrogens (tertiary/aromatic N) is 1. The van der Waals surface area contributed by atoms with Crippen LogP contribution in [-0.2, 0) is 11.5 Å². The fourth-order valence-corrected chi connectivity index (χ4v) is 2.16. The maximum absolute atomic E-state index is 5.12. The average Bonchev–Trinajstić information content (AvgIpc) is 3.01. The van der Waals surface area contributed by atoms with Crippen LogP contribution in [0.25, 0.3) is 0 Å². The Bertz CT molecular complexity index is 317. The van der Waals surface area contributed by atoms with Crippen LogP contribution in [0.4, 0.5) is 0 Å². The summed E-state index contributed by atoms with van der Waals surface area (Å²) in [5, 5.41) is 3.65. The van der Waals surface area contributed by atoms with Crippen LogP contribution in [0.3, 0.4) is 0 Å². The molecule has 1 fully saturated rings. The minimum absolute atomic E-state index is 0.554. The summed E-state index contributed by atoms with van der Waals surface area (Å²) in [5.41, 5.74) is 1.41. The van der Waals surface area contributed by atoms with Crippen molar-refractivity contribution in [1.82, 2.24) is 9.88 Å². The lowest BCUT2D eigenvalue weighted by Gasteiger charge is -2.16. The summed E-state index contributed by atoms with van der Waals surface area (Å²) in [7, 11) is 1.73. The number of aromatic nitrogens is 1. The van der Waals surface area contributed by atoms with Gasteiger partial charge >= 0.3 is 0 Å². The summed E-state index contributed by atoms with van der Waals surface area (Å²) >= 11 is 0. The number of ether oxygens (including phenoxy) is 1. The Hall–Kier alpha value is -0.800. The van der Waals surface area contributed by atoms with Crippen molar-refractivity contribution in [3.63, 3.8) is 0 Å². The van der Waals surface area contributed by atoms with Crippen LogP contribution in [0.2, 0.25) is 0 Å². The first-order valence-electron chi connectivity index (χ1n) is 6.23. The van der Waals surface area contributed by atoms with Gasteiger partial charge in [0, 0.05) is 25.5 Å². The highest BCUT2D eigenvalue weighted by Crippen LogP contribution is 2.41. The zero-order chi connectivity index (χ0) is 11.4. The van der Waals surface area contributed by atoms with E-state index in [0.717, 1.165) is 12.5 Å². The number of methoxy groups -OCH3 is 1. The molecule has 0 aromatic carbocycles. The second-order valence-electron chi connectivity index (χ2n) is 4.65. The van der Waals surface area contributed by atoms with E-state index in [0.29, 0.717) is 12.8 Å². The van der Waals surface area contributed by atoms with Gasteiger partial charge in [-0.3, -0.25) is 0 Å².